The van der Waals surface area contributed by atoms with Crippen molar-refractivity contribution in [3.63, 3.8) is 0 Å². The number of nitrogens with one attached hydrogen (secondary N) is 1. The van der Waals surface area contributed by atoms with Gasteiger partial charge in [0, 0.05) is 21.7 Å². The van der Waals surface area contributed by atoms with Crippen LogP contribution in [0.15, 0.2) is 48.8 Å². The molecule has 4 heteroatoms. The number of hydrogen-bond acceptors (Lipinski definition) is 3. The summed E-state index contributed by atoms with van der Waals surface area (Å²) < 4.78 is 0. The first-order valence-corrected chi connectivity index (χ1v) is 6.38. The van der Waals surface area contributed by atoms with E-state index >= 15 is 0 Å². The maximum absolute atomic E-state index is 5.97. The summed E-state index contributed by atoms with van der Waals surface area (Å²) in [5, 5.41) is 4.81. The van der Waals surface area contributed by atoms with Gasteiger partial charge in [0.05, 0.1) is 5.52 Å². The Morgan fingerprint density at radius 2 is 2.00 bits per heavy atom. The molecule has 0 saturated carbocycles. The molecule has 1 aromatic heterocycles. The zero-order valence-corrected chi connectivity index (χ0v) is 11.2. The zero-order valence-electron chi connectivity index (χ0n) is 10.5. The lowest BCUT2D eigenvalue weighted by Crippen LogP contribution is -1.96. The summed E-state index contributed by atoms with van der Waals surface area (Å²) in [7, 11) is 0. The van der Waals surface area contributed by atoms with Crippen molar-refractivity contribution in [2.75, 3.05) is 5.32 Å². The fourth-order valence-electron chi connectivity index (χ4n) is 1.95. The lowest BCUT2D eigenvalue weighted by Gasteiger charge is -2.08. The van der Waals surface area contributed by atoms with Gasteiger partial charge in [-0.15, -0.1) is 6.42 Å². The Morgan fingerprint density at radius 3 is 2.85 bits per heavy atom. The number of aromatic nitrogens is 2. The normalized spacial score (nSPS) is 10.2. The van der Waals surface area contributed by atoms with Crippen LogP contribution in [0.25, 0.3) is 10.9 Å². The third kappa shape index (κ3) is 2.42. The van der Waals surface area contributed by atoms with Gasteiger partial charge in [0.15, 0.2) is 0 Å². The molecule has 0 spiro atoms. The highest BCUT2D eigenvalue weighted by Crippen LogP contribution is 2.25. The van der Waals surface area contributed by atoms with Gasteiger partial charge < -0.3 is 5.32 Å². The van der Waals surface area contributed by atoms with Crippen LogP contribution in [0.1, 0.15) is 5.56 Å². The van der Waals surface area contributed by atoms with Gasteiger partial charge in [-0.3, -0.25) is 0 Å². The van der Waals surface area contributed by atoms with E-state index in [1.54, 1.807) is 0 Å². The topological polar surface area (TPSA) is 37.8 Å². The number of hydrogen-bond donors (Lipinski definition) is 1. The second-order valence-corrected chi connectivity index (χ2v) is 4.67. The van der Waals surface area contributed by atoms with Gasteiger partial charge in [-0.1, -0.05) is 23.6 Å². The molecule has 0 radical (unpaired) electrons. The molecule has 0 atom stereocenters. The second-order valence-electron chi connectivity index (χ2n) is 4.23. The Labute approximate surface area is 121 Å². The maximum Gasteiger partial charge on any atom is 0.141 e. The van der Waals surface area contributed by atoms with Crippen molar-refractivity contribution < 1.29 is 0 Å². The van der Waals surface area contributed by atoms with Gasteiger partial charge in [-0.05, 0) is 36.4 Å². The summed E-state index contributed by atoms with van der Waals surface area (Å²) >= 11 is 5.97. The third-order valence-corrected chi connectivity index (χ3v) is 3.13. The summed E-state index contributed by atoms with van der Waals surface area (Å²) in [6.45, 7) is 0. The molecule has 1 N–H and O–H groups in total. The smallest absolute Gasteiger partial charge is 0.141 e. The van der Waals surface area contributed by atoms with E-state index in [-0.39, 0.29) is 0 Å². The van der Waals surface area contributed by atoms with Crippen LogP contribution in [0.3, 0.4) is 0 Å². The molecule has 3 nitrogen and oxygen atoms in total. The minimum Gasteiger partial charge on any atom is -0.340 e. The highest BCUT2D eigenvalue weighted by atomic mass is 35.5. The molecule has 0 aliphatic rings. The van der Waals surface area contributed by atoms with Crippen LogP contribution < -0.4 is 5.32 Å². The molecule has 0 aliphatic heterocycles. The molecule has 1 heterocycles. The van der Waals surface area contributed by atoms with Crippen molar-refractivity contribution in [2.45, 2.75) is 0 Å². The lowest BCUT2D eigenvalue weighted by atomic mass is 10.2. The molecule has 0 unspecified atom stereocenters. The minimum atomic E-state index is 0.650. The zero-order chi connectivity index (χ0) is 13.9. The van der Waals surface area contributed by atoms with Gasteiger partial charge in [0.1, 0.15) is 12.1 Å². The minimum absolute atomic E-state index is 0.650. The molecule has 2 aromatic carbocycles. The van der Waals surface area contributed by atoms with Crippen molar-refractivity contribution in [1.82, 2.24) is 9.97 Å². The summed E-state index contributed by atoms with van der Waals surface area (Å²) in [6, 6.07) is 13.1. The van der Waals surface area contributed by atoms with Crippen LogP contribution >= 0.6 is 11.6 Å². The average molecular weight is 280 g/mol. The van der Waals surface area contributed by atoms with Crippen molar-refractivity contribution in [3.05, 3.63) is 59.4 Å². The summed E-state index contributed by atoms with van der Waals surface area (Å²) in [4.78, 5) is 8.48. The number of rotatable bonds is 2. The molecule has 0 bridgehead atoms. The predicted molar refractivity (Wildman–Crippen MR) is 82.2 cm³/mol. The lowest BCUT2D eigenvalue weighted by molar-refractivity contribution is 1.22. The van der Waals surface area contributed by atoms with Gasteiger partial charge >= 0.3 is 0 Å². The van der Waals surface area contributed by atoms with E-state index in [1.165, 1.54) is 6.33 Å². The first-order chi connectivity index (χ1) is 9.76. The van der Waals surface area contributed by atoms with E-state index in [1.807, 2.05) is 42.5 Å². The number of halogens is 1. The standard InChI is InChI=1S/C16H10ClN3/c1-2-11-4-3-5-13(8-11)20-16-14-7-6-12(17)9-15(14)18-10-19-16/h1,3-10H,(H,18,19,20). The number of benzene rings is 2. The van der Waals surface area contributed by atoms with E-state index in [2.05, 4.69) is 21.2 Å². The maximum atomic E-state index is 5.97. The quantitative estimate of drug-likeness (QED) is 0.720. The van der Waals surface area contributed by atoms with Gasteiger partial charge in [-0.25, -0.2) is 9.97 Å². The second kappa shape index (κ2) is 5.20. The summed E-state index contributed by atoms with van der Waals surface area (Å²) in [6.07, 6.45) is 6.91. The van der Waals surface area contributed by atoms with Crippen LogP contribution in [-0.4, -0.2) is 9.97 Å². The van der Waals surface area contributed by atoms with Crippen LogP contribution in [0.5, 0.6) is 0 Å². The van der Waals surface area contributed by atoms with Crippen LogP contribution in [0.4, 0.5) is 11.5 Å². The molecule has 20 heavy (non-hydrogen) atoms. The SMILES string of the molecule is C#Cc1cccc(Nc2ncnc3cc(Cl)ccc23)c1. The number of anilines is 2. The molecule has 3 aromatic rings. The largest absolute Gasteiger partial charge is 0.340 e. The molecule has 0 fully saturated rings. The van der Waals surface area contributed by atoms with E-state index in [4.69, 9.17) is 18.0 Å². The Morgan fingerprint density at radius 1 is 1.10 bits per heavy atom. The molecular formula is C16H10ClN3. The Bertz CT molecular complexity index is 821. The molecular weight excluding hydrogens is 270 g/mol. The molecule has 0 amide bonds. The predicted octanol–water partition coefficient (Wildman–Crippen LogP) is 4.01. The fraction of sp³-hybridized carbons (Fsp3) is 0. The third-order valence-electron chi connectivity index (χ3n) is 2.89. The van der Waals surface area contributed by atoms with E-state index in [9.17, 15) is 0 Å². The highest BCUT2D eigenvalue weighted by molar-refractivity contribution is 6.31. The average Bonchev–Trinajstić information content (AvgIpc) is 2.47. The van der Waals surface area contributed by atoms with Crippen molar-refractivity contribution in [3.8, 4) is 12.3 Å². The van der Waals surface area contributed by atoms with Gasteiger partial charge in [-0.2, -0.15) is 0 Å². The molecule has 96 valence electrons. The Kier molecular flexibility index (Phi) is 3.24. The number of fused-ring (bicyclic) bond motifs is 1. The molecule has 3 rings (SSSR count). The number of nitrogens with zero attached hydrogens (tertiary/aromatic N) is 2. The van der Waals surface area contributed by atoms with E-state index < -0.39 is 0 Å². The van der Waals surface area contributed by atoms with Crippen molar-refractivity contribution in [1.29, 1.82) is 0 Å². The summed E-state index contributed by atoms with van der Waals surface area (Å²) in [5.74, 6) is 3.33. The van der Waals surface area contributed by atoms with Gasteiger partial charge in [0.2, 0.25) is 0 Å². The van der Waals surface area contributed by atoms with Crippen molar-refractivity contribution >= 4 is 34.0 Å². The van der Waals surface area contributed by atoms with E-state index in [0.29, 0.717) is 5.02 Å². The van der Waals surface area contributed by atoms with Crippen LogP contribution in [0, 0.1) is 12.3 Å². The first kappa shape index (κ1) is 12.5. The molecule has 0 aliphatic carbocycles. The van der Waals surface area contributed by atoms with Gasteiger partial charge in [0.25, 0.3) is 0 Å². The van der Waals surface area contributed by atoms with Crippen molar-refractivity contribution in [2.24, 2.45) is 0 Å². The Hall–Kier alpha value is -2.57. The Balaban J connectivity index is 2.04. The van der Waals surface area contributed by atoms with E-state index in [0.717, 1.165) is 28.0 Å². The van der Waals surface area contributed by atoms with Crippen LogP contribution in [-0.2, 0) is 0 Å². The monoisotopic (exact) mass is 279 g/mol. The first-order valence-electron chi connectivity index (χ1n) is 6.00. The summed E-state index contributed by atoms with van der Waals surface area (Å²) in [5.41, 5.74) is 2.50. The van der Waals surface area contributed by atoms with Crippen LogP contribution in [0.2, 0.25) is 5.02 Å². The fourth-order valence-corrected chi connectivity index (χ4v) is 2.12. The highest BCUT2D eigenvalue weighted by Gasteiger charge is 2.04. The molecule has 0 saturated heterocycles. The number of terminal acetylenes is 1.